The fourth-order valence-corrected chi connectivity index (χ4v) is 4.37. The van der Waals surface area contributed by atoms with Gasteiger partial charge in [0.1, 0.15) is 18.2 Å². The lowest BCUT2D eigenvalue weighted by molar-refractivity contribution is -0.133. The van der Waals surface area contributed by atoms with Crippen molar-refractivity contribution in [3.05, 3.63) is 95.1 Å². The molecule has 1 aliphatic heterocycles. The molecule has 0 aromatic heterocycles. The number of nitrogens with zero attached hydrogens (tertiary/aromatic N) is 3. The highest BCUT2D eigenvalue weighted by atomic mass is 19.1. The Labute approximate surface area is 225 Å². The Morgan fingerprint density at radius 2 is 1.69 bits per heavy atom. The molecular formula is C29H29F2N3O5. The molecule has 0 saturated carbocycles. The lowest BCUT2D eigenvalue weighted by Crippen LogP contribution is -2.43. The van der Waals surface area contributed by atoms with Crippen molar-refractivity contribution in [1.29, 1.82) is 0 Å². The molecule has 0 radical (unpaired) electrons. The molecule has 3 aromatic carbocycles. The van der Waals surface area contributed by atoms with E-state index in [0.29, 0.717) is 29.2 Å². The van der Waals surface area contributed by atoms with Gasteiger partial charge in [-0.15, -0.1) is 0 Å². The summed E-state index contributed by atoms with van der Waals surface area (Å²) in [6, 6.07) is 16.2. The van der Waals surface area contributed by atoms with E-state index in [-0.39, 0.29) is 31.1 Å². The predicted octanol–water partition coefficient (Wildman–Crippen LogP) is 4.45. The number of rotatable bonds is 10. The maximum atomic E-state index is 14.4. The molecule has 1 aliphatic rings. The Bertz CT molecular complexity index is 1360. The number of carbonyl (C=O) groups excluding carboxylic acids is 2. The lowest BCUT2D eigenvalue weighted by Gasteiger charge is -2.27. The van der Waals surface area contributed by atoms with E-state index in [4.69, 9.17) is 14.2 Å². The van der Waals surface area contributed by atoms with Crippen LogP contribution in [0.2, 0.25) is 0 Å². The Balaban J connectivity index is 1.67. The molecular weight excluding hydrogens is 508 g/mol. The first-order valence-electron chi connectivity index (χ1n) is 12.3. The van der Waals surface area contributed by atoms with Crippen molar-refractivity contribution in [2.45, 2.75) is 12.5 Å². The molecule has 0 aliphatic carbocycles. The van der Waals surface area contributed by atoms with Crippen LogP contribution in [0.15, 0.2) is 71.8 Å². The third-order valence-electron chi connectivity index (χ3n) is 6.42. The fourth-order valence-electron chi connectivity index (χ4n) is 4.37. The first kappa shape index (κ1) is 27.7. The third-order valence-corrected chi connectivity index (χ3v) is 6.42. The molecule has 204 valence electrons. The second-order valence-electron chi connectivity index (χ2n) is 8.83. The molecule has 1 atom stereocenters. The first-order chi connectivity index (χ1) is 18.9. The number of methoxy groups -OCH3 is 3. The highest BCUT2D eigenvalue weighted by Crippen LogP contribution is 2.37. The number of benzene rings is 3. The minimum atomic E-state index is -0.682. The molecule has 0 bridgehead atoms. The quantitative estimate of drug-likeness (QED) is 0.382. The van der Waals surface area contributed by atoms with Crippen molar-refractivity contribution in [2.75, 3.05) is 41.0 Å². The van der Waals surface area contributed by atoms with E-state index in [1.54, 1.807) is 30.3 Å². The van der Waals surface area contributed by atoms with Crippen LogP contribution in [0.5, 0.6) is 11.5 Å². The van der Waals surface area contributed by atoms with E-state index in [0.717, 1.165) is 5.56 Å². The average Bonchev–Trinajstić information content (AvgIpc) is 3.41. The summed E-state index contributed by atoms with van der Waals surface area (Å²) in [6.45, 7) is -0.143. The van der Waals surface area contributed by atoms with Gasteiger partial charge in [0.15, 0.2) is 11.5 Å². The van der Waals surface area contributed by atoms with Crippen LogP contribution >= 0.6 is 0 Å². The number of halogens is 2. The number of hydrogen-bond acceptors (Lipinski definition) is 6. The molecule has 2 amide bonds. The minimum Gasteiger partial charge on any atom is -0.493 e. The van der Waals surface area contributed by atoms with Crippen molar-refractivity contribution in [2.24, 2.45) is 5.10 Å². The molecule has 39 heavy (non-hydrogen) atoms. The van der Waals surface area contributed by atoms with Gasteiger partial charge in [0, 0.05) is 20.1 Å². The predicted molar refractivity (Wildman–Crippen MR) is 141 cm³/mol. The van der Waals surface area contributed by atoms with Gasteiger partial charge in [-0.05, 0) is 47.5 Å². The van der Waals surface area contributed by atoms with Gasteiger partial charge in [-0.3, -0.25) is 9.59 Å². The summed E-state index contributed by atoms with van der Waals surface area (Å²) in [5, 5.41) is 5.90. The highest BCUT2D eigenvalue weighted by Gasteiger charge is 2.35. The summed E-state index contributed by atoms with van der Waals surface area (Å²) in [5.41, 5.74) is 1.82. The van der Waals surface area contributed by atoms with Gasteiger partial charge in [0.2, 0.25) is 0 Å². The van der Waals surface area contributed by atoms with Gasteiger partial charge in [0.25, 0.3) is 11.8 Å². The zero-order chi connectivity index (χ0) is 27.9. The second kappa shape index (κ2) is 12.5. The van der Waals surface area contributed by atoms with E-state index >= 15 is 0 Å². The highest BCUT2D eigenvalue weighted by molar-refractivity contribution is 6.03. The maximum Gasteiger partial charge on any atom is 0.262 e. The van der Waals surface area contributed by atoms with Crippen LogP contribution in [0.3, 0.4) is 0 Å². The average molecular weight is 538 g/mol. The Morgan fingerprint density at radius 3 is 2.36 bits per heavy atom. The molecule has 3 aromatic rings. The van der Waals surface area contributed by atoms with E-state index < -0.39 is 23.7 Å². The van der Waals surface area contributed by atoms with E-state index in [1.165, 1.54) is 61.6 Å². The molecule has 0 fully saturated rings. The topological polar surface area (TPSA) is 80.7 Å². The van der Waals surface area contributed by atoms with Crippen LogP contribution in [0.25, 0.3) is 0 Å². The SMILES string of the molecule is COCCN(CC(=O)N1N=C(c2ccc(F)cc2)C[C@@H]1c1ccc(OC)c(OC)c1)C(=O)c1ccccc1F. The van der Waals surface area contributed by atoms with Crippen LogP contribution in [-0.4, -0.2) is 68.5 Å². The number of carbonyl (C=O) groups is 2. The zero-order valence-corrected chi connectivity index (χ0v) is 21.9. The monoisotopic (exact) mass is 537 g/mol. The Hall–Kier alpha value is -4.31. The van der Waals surface area contributed by atoms with Crippen LogP contribution < -0.4 is 9.47 Å². The van der Waals surface area contributed by atoms with Gasteiger partial charge >= 0.3 is 0 Å². The smallest absolute Gasteiger partial charge is 0.262 e. The lowest BCUT2D eigenvalue weighted by atomic mass is 9.98. The minimum absolute atomic E-state index is 0.0683. The van der Waals surface area contributed by atoms with Crippen molar-refractivity contribution in [1.82, 2.24) is 9.91 Å². The molecule has 10 heteroatoms. The van der Waals surface area contributed by atoms with Gasteiger partial charge in [0.05, 0.1) is 38.1 Å². The summed E-state index contributed by atoms with van der Waals surface area (Å²) in [7, 11) is 4.52. The number of hydrazone groups is 1. The van der Waals surface area contributed by atoms with Gasteiger partial charge < -0.3 is 19.1 Å². The maximum absolute atomic E-state index is 14.4. The molecule has 0 unspecified atom stereocenters. The largest absolute Gasteiger partial charge is 0.493 e. The van der Waals surface area contributed by atoms with E-state index in [2.05, 4.69) is 5.10 Å². The molecule has 8 nitrogen and oxygen atoms in total. The molecule has 4 rings (SSSR count). The van der Waals surface area contributed by atoms with Crippen molar-refractivity contribution in [3.63, 3.8) is 0 Å². The van der Waals surface area contributed by atoms with Crippen LogP contribution in [-0.2, 0) is 9.53 Å². The summed E-state index contributed by atoms with van der Waals surface area (Å²) in [4.78, 5) is 28.1. The molecule has 1 heterocycles. The standard InChI is InChI=1S/C29H29F2N3O5/c1-37-15-14-33(29(36)22-6-4-5-7-23(22)31)18-28(35)34-25(20-10-13-26(38-2)27(16-20)39-3)17-24(32-34)19-8-11-21(30)12-9-19/h4-13,16,25H,14-15,17-18H2,1-3H3/t25-/m1/s1. The molecule has 0 spiro atoms. The van der Waals surface area contributed by atoms with Gasteiger partial charge in [-0.2, -0.15) is 5.10 Å². The first-order valence-corrected chi connectivity index (χ1v) is 12.3. The molecule has 0 saturated heterocycles. The van der Waals surface area contributed by atoms with Crippen LogP contribution in [0.1, 0.15) is 33.9 Å². The molecule has 0 N–H and O–H groups in total. The summed E-state index contributed by atoms with van der Waals surface area (Å²) < 4.78 is 43.9. The number of amides is 2. The van der Waals surface area contributed by atoms with Crippen molar-refractivity contribution in [3.8, 4) is 11.5 Å². The zero-order valence-electron chi connectivity index (χ0n) is 21.9. The number of hydrogen-bond donors (Lipinski definition) is 0. The second-order valence-corrected chi connectivity index (χ2v) is 8.83. The number of ether oxygens (including phenoxy) is 3. The summed E-state index contributed by atoms with van der Waals surface area (Å²) in [5.74, 6) is -1.18. The Morgan fingerprint density at radius 1 is 0.974 bits per heavy atom. The van der Waals surface area contributed by atoms with Crippen LogP contribution in [0, 0.1) is 11.6 Å². The van der Waals surface area contributed by atoms with Crippen molar-refractivity contribution < 1.29 is 32.6 Å². The summed E-state index contributed by atoms with van der Waals surface area (Å²) >= 11 is 0. The third kappa shape index (κ3) is 6.23. The summed E-state index contributed by atoms with van der Waals surface area (Å²) in [6.07, 6.45) is 0.339. The van der Waals surface area contributed by atoms with Gasteiger partial charge in [-0.1, -0.05) is 30.3 Å². The van der Waals surface area contributed by atoms with Crippen molar-refractivity contribution >= 4 is 17.5 Å². The van der Waals surface area contributed by atoms with Crippen LogP contribution in [0.4, 0.5) is 8.78 Å². The Kier molecular flexibility index (Phi) is 8.88. The normalized spacial score (nSPS) is 14.6. The van der Waals surface area contributed by atoms with Gasteiger partial charge in [-0.25, -0.2) is 13.8 Å². The fraction of sp³-hybridized carbons (Fsp3) is 0.276. The van der Waals surface area contributed by atoms with E-state index in [1.807, 2.05) is 6.07 Å². The van der Waals surface area contributed by atoms with E-state index in [9.17, 15) is 18.4 Å².